The van der Waals surface area contributed by atoms with Gasteiger partial charge in [-0.3, -0.25) is 14.4 Å². The number of carbonyl (C=O) groups is 4. The van der Waals surface area contributed by atoms with Gasteiger partial charge < -0.3 is 19.7 Å². The van der Waals surface area contributed by atoms with E-state index >= 15 is 0 Å². The molecule has 4 rings (SSSR count). The van der Waals surface area contributed by atoms with Crippen LogP contribution in [0.2, 0.25) is 0 Å². The Morgan fingerprint density at radius 3 is 2.44 bits per heavy atom. The number of rotatable bonds is 9. The molecular weight excluding hydrogens is 452 g/mol. The van der Waals surface area contributed by atoms with E-state index in [0.717, 1.165) is 26.8 Å². The maximum Gasteiger partial charge on any atom is 0.305 e. The Balaban J connectivity index is 1.70. The van der Waals surface area contributed by atoms with E-state index in [1.807, 2.05) is 72.8 Å². The molecule has 174 valence electrons. The van der Waals surface area contributed by atoms with Crippen molar-refractivity contribution in [3.63, 3.8) is 0 Å². The number of aldehydes is 1. The number of hydrogen-bond acceptors (Lipinski definition) is 5. The number of thioether (sulfide) groups is 1. The number of amides is 2. The van der Waals surface area contributed by atoms with Gasteiger partial charge in [0.05, 0.1) is 18.9 Å². The predicted octanol–water partition coefficient (Wildman–Crippen LogP) is 3.48. The first kappa shape index (κ1) is 23.5. The fourth-order valence-corrected chi connectivity index (χ4v) is 5.82. The molecule has 1 saturated heterocycles. The van der Waals surface area contributed by atoms with Crippen molar-refractivity contribution in [2.75, 3.05) is 5.75 Å². The molecule has 0 spiro atoms. The van der Waals surface area contributed by atoms with Crippen molar-refractivity contribution in [1.29, 1.82) is 0 Å². The summed E-state index contributed by atoms with van der Waals surface area (Å²) in [7, 11) is 0. The monoisotopic (exact) mass is 476 g/mol. The predicted molar refractivity (Wildman–Crippen MR) is 130 cm³/mol. The Bertz CT molecular complexity index is 1200. The Labute approximate surface area is 201 Å². The first-order valence-corrected chi connectivity index (χ1v) is 11.9. The van der Waals surface area contributed by atoms with Crippen molar-refractivity contribution >= 4 is 47.1 Å². The molecule has 0 radical (unpaired) electrons. The van der Waals surface area contributed by atoms with Gasteiger partial charge in [-0.15, -0.1) is 11.8 Å². The van der Waals surface area contributed by atoms with Gasteiger partial charge in [0, 0.05) is 5.75 Å². The molecule has 1 N–H and O–H groups in total. The number of nitrogens with zero attached hydrogens (tertiary/aromatic N) is 2. The van der Waals surface area contributed by atoms with Gasteiger partial charge in [0.2, 0.25) is 12.3 Å². The largest absolute Gasteiger partial charge is 0.481 e. The van der Waals surface area contributed by atoms with Crippen LogP contribution in [0.15, 0.2) is 72.8 Å². The van der Waals surface area contributed by atoms with Crippen molar-refractivity contribution in [1.82, 2.24) is 9.80 Å². The lowest BCUT2D eigenvalue weighted by Gasteiger charge is -2.37. The third-order valence-electron chi connectivity index (χ3n) is 5.96. The average molecular weight is 477 g/mol. The summed E-state index contributed by atoms with van der Waals surface area (Å²) in [6.07, 6.45) is -0.233. The normalized spacial score (nSPS) is 18.4. The Morgan fingerprint density at radius 1 is 1.03 bits per heavy atom. The Morgan fingerprint density at radius 2 is 1.74 bits per heavy atom. The number of aliphatic carboxylic acids is 1. The topological polar surface area (TPSA) is 95.0 Å². The van der Waals surface area contributed by atoms with Gasteiger partial charge in [0.15, 0.2) is 0 Å². The maximum atomic E-state index is 13.8. The van der Waals surface area contributed by atoms with Crippen LogP contribution in [-0.2, 0) is 25.6 Å². The summed E-state index contributed by atoms with van der Waals surface area (Å²) in [5, 5.41) is 10.8. The van der Waals surface area contributed by atoms with Crippen molar-refractivity contribution in [2.45, 2.75) is 30.4 Å². The fourth-order valence-electron chi connectivity index (χ4n) is 4.37. The van der Waals surface area contributed by atoms with E-state index in [-0.39, 0.29) is 17.7 Å². The lowest BCUT2D eigenvalue weighted by molar-refractivity contribution is -0.146. The van der Waals surface area contributed by atoms with Crippen molar-refractivity contribution < 1.29 is 24.3 Å². The third-order valence-corrected chi connectivity index (χ3v) is 7.27. The number of carboxylic acids is 1. The average Bonchev–Trinajstić information content (AvgIpc) is 3.29. The SMILES string of the molecule is O=C[C@H](CC(=O)O)N(C=O)[C@H]1CSC(c2ccccc2)N1C(=O)Cc1cccc2ccccc12. The lowest BCUT2D eigenvalue weighted by Crippen LogP contribution is -2.54. The molecule has 1 aliphatic heterocycles. The first-order chi connectivity index (χ1) is 16.5. The molecular formula is C26H24N2O5S. The molecule has 1 heterocycles. The summed E-state index contributed by atoms with van der Waals surface area (Å²) >= 11 is 1.49. The number of hydrogen-bond donors (Lipinski definition) is 1. The van der Waals surface area contributed by atoms with Gasteiger partial charge in [-0.1, -0.05) is 72.8 Å². The second-order valence-corrected chi connectivity index (χ2v) is 9.16. The summed E-state index contributed by atoms with van der Waals surface area (Å²) in [5.41, 5.74) is 1.76. The molecule has 1 fully saturated rings. The van der Waals surface area contributed by atoms with Crippen LogP contribution in [0, 0.1) is 0 Å². The summed E-state index contributed by atoms with van der Waals surface area (Å²) < 4.78 is 0. The van der Waals surface area contributed by atoms with Crippen LogP contribution in [0.3, 0.4) is 0 Å². The fraction of sp³-hybridized carbons (Fsp3) is 0.231. The molecule has 0 aliphatic carbocycles. The highest BCUT2D eigenvalue weighted by Crippen LogP contribution is 2.43. The van der Waals surface area contributed by atoms with Crippen LogP contribution >= 0.6 is 11.8 Å². The zero-order valence-corrected chi connectivity index (χ0v) is 19.1. The molecule has 2 amide bonds. The highest BCUT2D eigenvalue weighted by Gasteiger charge is 2.43. The van der Waals surface area contributed by atoms with Gasteiger partial charge in [-0.2, -0.15) is 0 Å². The molecule has 7 nitrogen and oxygen atoms in total. The van der Waals surface area contributed by atoms with Gasteiger partial charge in [0.1, 0.15) is 17.8 Å². The highest BCUT2D eigenvalue weighted by molar-refractivity contribution is 7.99. The van der Waals surface area contributed by atoms with E-state index in [0.29, 0.717) is 18.4 Å². The zero-order valence-electron chi connectivity index (χ0n) is 18.3. The molecule has 8 heteroatoms. The molecule has 3 aromatic carbocycles. The van der Waals surface area contributed by atoms with E-state index in [1.165, 1.54) is 11.8 Å². The van der Waals surface area contributed by atoms with Gasteiger partial charge in [-0.25, -0.2) is 0 Å². The van der Waals surface area contributed by atoms with E-state index in [1.54, 1.807) is 4.90 Å². The first-order valence-electron chi connectivity index (χ1n) is 10.9. The zero-order chi connectivity index (χ0) is 24.1. The molecule has 1 aliphatic rings. The number of fused-ring (bicyclic) bond motifs is 1. The molecule has 34 heavy (non-hydrogen) atoms. The second-order valence-electron chi connectivity index (χ2n) is 8.05. The standard InChI is InChI=1S/C26H24N2O5S/c29-15-21(14-25(32)33)27(17-30)23-16-34-26(19-8-2-1-3-9-19)28(23)24(31)13-20-11-6-10-18-7-4-5-12-22(18)20/h1-12,15,17,21,23,26H,13-14,16H2,(H,32,33)/t21-,23+,26?/m0/s1. The van der Waals surface area contributed by atoms with Crippen molar-refractivity contribution in [3.05, 3.63) is 83.9 Å². The molecule has 0 bridgehead atoms. The molecule has 0 saturated carbocycles. The molecule has 0 aromatic heterocycles. The minimum atomic E-state index is -1.19. The summed E-state index contributed by atoms with van der Waals surface area (Å²) in [5.74, 6) is -1.03. The summed E-state index contributed by atoms with van der Waals surface area (Å²) in [4.78, 5) is 51.6. The Kier molecular flexibility index (Phi) is 7.27. The summed E-state index contributed by atoms with van der Waals surface area (Å²) in [6, 6.07) is 21.9. The maximum absolute atomic E-state index is 13.8. The van der Waals surface area contributed by atoms with E-state index < -0.39 is 24.6 Å². The summed E-state index contributed by atoms with van der Waals surface area (Å²) in [6.45, 7) is 0. The third kappa shape index (κ3) is 4.82. The van der Waals surface area contributed by atoms with E-state index in [9.17, 15) is 24.3 Å². The van der Waals surface area contributed by atoms with Crippen LogP contribution in [0.1, 0.15) is 22.9 Å². The van der Waals surface area contributed by atoms with Crippen LogP contribution < -0.4 is 0 Å². The van der Waals surface area contributed by atoms with Crippen molar-refractivity contribution in [3.8, 4) is 0 Å². The number of carbonyl (C=O) groups excluding carboxylic acids is 3. The van der Waals surface area contributed by atoms with Gasteiger partial charge >= 0.3 is 5.97 Å². The minimum Gasteiger partial charge on any atom is -0.481 e. The highest BCUT2D eigenvalue weighted by atomic mass is 32.2. The van der Waals surface area contributed by atoms with E-state index in [4.69, 9.17) is 0 Å². The van der Waals surface area contributed by atoms with Gasteiger partial charge in [-0.05, 0) is 21.9 Å². The second kappa shape index (κ2) is 10.5. The number of benzene rings is 3. The van der Waals surface area contributed by atoms with E-state index in [2.05, 4.69) is 0 Å². The van der Waals surface area contributed by atoms with Crippen LogP contribution in [0.5, 0.6) is 0 Å². The van der Waals surface area contributed by atoms with Crippen LogP contribution in [-0.4, -0.2) is 57.4 Å². The molecule has 3 aromatic rings. The van der Waals surface area contributed by atoms with Crippen LogP contribution in [0.4, 0.5) is 0 Å². The minimum absolute atomic E-state index is 0.110. The molecule has 1 unspecified atom stereocenters. The lowest BCUT2D eigenvalue weighted by atomic mass is 10.0. The van der Waals surface area contributed by atoms with Gasteiger partial charge in [0.25, 0.3) is 0 Å². The Hall–Kier alpha value is -3.65. The molecule has 3 atom stereocenters. The number of carboxylic acid groups (broad SMARTS) is 1. The smallest absolute Gasteiger partial charge is 0.305 e. The van der Waals surface area contributed by atoms with Crippen LogP contribution in [0.25, 0.3) is 10.8 Å². The van der Waals surface area contributed by atoms with Crippen molar-refractivity contribution in [2.24, 2.45) is 0 Å². The quantitative estimate of drug-likeness (QED) is 0.475.